The number of nitrogens with one attached hydrogen (secondary N) is 2. The Morgan fingerprint density at radius 2 is 1.69 bits per heavy atom. The number of hydrogen-bond acceptors (Lipinski definition) is 7. The van der Waals surface area contributed by atoms with E-state index in [-0.39, 0.29) is 18.5 Å². The van der Waals surface area contributed by atoms with Gasteiger partial charge in [-0.1, -0.05) is 12.1 Å². The lowest BCUT2D eigenvalue weighted by molar-refractivity contribution is -0.151. The third-order valence-corrected chi connectivity index (χ3v) is 5.16. The highest BCUT2D eigenvalue weighted by molar-refractivity contribution is 5.97. The Balaban J connectivity index is 1.55. The van der Waals surface area contributed by atoms with Gasteiger partial charge in [0.15, 0.2) is 6.61 Å². The normalized spacial score (nSPS) is 15.3. The maximum absolute atomic E-state index is 13.0. The molecule has 192 valence electrons. The van der Waals surface area contributed by atoms with Crippen molar-refractivity contribution in [2.45, 2.75) is 12.6 Å². The average Bonchev–Trinajstić information content (AvgIpc) is 3.21. The summed E-state index contributed by atoms with van der Waals surface area (Å²) < 4.78 is 54.2. The third-order valence-electron chi connectivity index (χ3n) is 5.16. The van der Waals surface area contributed by atoms with Gasteiger partial charge in [0, 0.05) is 18.1 Å². The van der Waals surface area contributed by atoms with E-state index >= 15 is 0 Å². The molecule has 3 amide bonds. The van der Waals surface area contributed by atoms with Gasteiger partial charge in [0.05, 0.1) is 37.9 Å². The number of carbonyl (C=O) groups excluding carboxylic acids is 4. The van der Waals surface area contributed by atoms with E-state index in [4.69, 9.17) is 14.2 Å². The average molecular weight is 509 g/mol. The fraction of sp³-hybridized carbons (Fsp3) is 0.304. The summed E-state index contributed by atoms with van der Waals surface area (Å²) in [4.78, 5) is 49.2. The first-order valence-corrected chi connectivity index (χ1v) is 10.5. The van der Waals surface area contributed by atoms with E-state index in [2.05, 4.69) is 10.7 Å². The van der Waals surface area contributed by atoms with E-state index in [1.807, 2.05) is 0 Å². The van der Waals surface area contributed by atoms with Gasteiger partial charge in [0.25, 0.3) is 11.8 Å². The van der Waals surface area contributed by atoms with Crippen LogP contribution < -0.4 is 20.2 Å². The number of rotatable bonds is 8. The maximum Gasteiger partial charge on any atom is 0.418 e. The lowest BCUT2D eigenvalue weighted by Crippen LogP contribution is -2.43. The van der Waals surface area contributed by atoms with Crippen LogP contribution in [0.1, 0.15) is 22.3 Å². The highest BCUT2D eigenvalue weighted by Crippen LogP contribution is 2.34. The second kappa shape index (κ2) is 11.0. The summed E-state index contributed by atoms with van der Waals surface area (Å²) in [6.45, 7) is -1.07. The van der Waals surface area contributed by atoms with Crippen molar-refractivity contribution < 1.29 is 46.6 Å². The Morgan fingerprint density at radius 3 is 2.31 bits per heavy atom. The molecule has 0 spiro atoms. The number of anilines is 1. The van der Waals surface area contributed by atoms with Gasteiger partial charge in [-0.25, -0.2) is 0 Å². The monoisotopic (exact) mass is 509 g/mol. The van der Waals surface area contributed by atoms with E-state index in [0.717, 1.165) is 17.1 Å². The van der Waals surface area contributed by atoms with E-state index in [0.29, 0.717) is 11.5 Å². The summed E-state index contributed by atoms with van der Waals surface area (Å²) in [6, 6.07) is 8.77. The molecule has 36 heavy (non-hydrogen) atoms. The Hall–Kier alpha value is -4.29. The molecule has 0 aromatic heterocycles. The minimum absolute atomic E-state index is 0.140. The van der Waals surface area contributed by atoms with Gasteiger partial charge in [-0.2, -0.15) is 13.2 Å². The highest BCUT2D eigenvalue weighted by atomic mass is 19.4. The Morgan fingerprint density at radius 1 is 1.06 bits per heavy atom. The van der Waals surface area contributed by atoms with Crippen LogP contribution >= 0.6 is 0 Å². The van der Waals surface area contributed by atoms with Gasteiger partial charge in [-0.15, -0.1) is 0 Å². The predicted octanol–water partition coefficient (Wildman–Crippen LogP) is 2.40. The summed E-state index contributed by atoms with van der Waals surface area (Å²) in [5.74, 6) is -3.41. The van der Waals surface area contributed by atoms with E-state index in [9.17, 15) is 32.3 Å². The van der Waals surface area contributed by atoms with Crippen LogP contribution in [0.3, 0.4) is 0 Å². The summed E-state index contributed by atoms with van der Waals surface area (Å²) in [6.07, 6.45) is -4.98. The zero-order valence-corrected chi connectivity index (χ0v) is 19.2. The number of para-hydroxylation sites is 1. The number of esters is 1. The fourth-order valence-corrected chi connectivity index (χ4v) is 3.38. The smallest absolute Gasteiger partial charge is 0.418 e. The van der Waals surface area contributed by atoms with Crippen LogP contribution in [0.4, 0.5) is 18.9 Å². The molecule has 1 heterocycles. The Bertz CT molecular complexity index is 1150. The molecule has 10 nitrogen and oxygen atoms in total. The van der Waals surface area contributed by atoms with Gasteiger partial charge in [-0.05, 0) is 24.3 Å². The number of nitrogens with zero attached hydrogens (tertiary/aromatic N) is 1. The molecule has 1 saturated heterocycles. The van der Waals surface area contributed by atoms with Crippen molar-refractivity contribution in [3.63, 3.8) is 0 Å². The minimum Gasteiger partial charge on any atom is -0.497 e. The number of amides is 3. The van der Waals surface area contributed by atoms with E-state index < -0.39 is 53.6 Å². The molecular weight excluding hydrogens is 487 g/mol. The second-order valence-corrected chi connectivity index (χ2v) is 7.65. The first kappa shape index (κ1) is 26.3. The molecule has 1 atom stereocenters. The number of carbonyl (C=O) groups is 4. The molecular formula is C23H22F3N3O7. The molecule has 2 aromatic carbocycles. The number of ether oxygens (including phenoxy) is 3. The summed E-state index contributed by atoms with van der Waals surface area (Å²) in [7, 11) is 2.82. The van der Waals surface area contributed by atoms with Gasteiger partial charge in [-0.3, -0.25) is 29.6 Å². The standard InChI is InChI=1S/C23H22F3N3O7/c1-34-15-7-13(8-16(10-15)35-2)21(32)28-29-11-14(9-20(29)31)22(33)36-12-19(30)27-18-6-4-3-5-17(18)23(24,25)26/h3-8,10,14H,9,11-12H2,1-2H3,(H,27,30)(H,28,32)/t14-/m0/s1. The molecule has 2 aromatic rings. The third kappa shape index (κ3) is 6.43. The molecule has 0 saturated carbocycles. The van der Waals surface area contributed by atoms with Gasteiger partial charge in [0.1, 0.15) is 11.5 Å². The molecule has 13 heteroatoms. The van der Waals surface area contributed by atoms with Crippen LogP contribution in [-0.2, 0) is 25.3 Å². The number of alkyl halides is 3. The molecule has 1 aliphatic rings. The molecule has 0 aliphatic carbocycles. The van der Waals surface area contributed by atoms with Crippen molar-refractivity contribution in [1.29, 1.82) is 0 Å². The molecule has 2 N–H and O–H groups in total. The molecule has 0 unspecified atom stereocenters. The van der Waals surface area contributed by atoms with Crippen molar-refractivity contribution in [3.8, 4) is 11.5 Å². The molecule has 1 fully saturated rings. The van der Waals surface area contributed by atoms with Crippen molar-refractivity contribution in [1.82, 2.24) is 10.4 Å². The second-order valence-electron chi connectivity index (χ2n) is 7.65. The topological polar surface area (TPSA) is 123 Å². The quantitative estimate of drug-likeness (QED) is 0.524. The first-order valence-electron chi connectivity index (χ1n) is 10.5. The Kier molecular flexibility index (Phi) is 8.02. The number of halogens is 3. The zero-order chi connectivity index (χ0) is 26.5. The predicted molar refractivity (Wildman–Crippen MR) is 118 cm³/mol. The summed E-state index contributed by atoms with van der Waals surface area (Å²) in [5, 5.41) is 3.00. The van der Waals surface area contributed by atoms with Crippen molar-refractivity contribution in [3.05, 3.63) is 53.6 Å². The Labute approximate surface area is 203 Å². The maximum atomic E-state index is 13.0. The van der Waals surface area contributed by atoms with E-state index in [1.165, 1.54) is 38.5 Å². The largest absolute Gasteiger partial charge is 0.497 e. The molecule has 0 bridgehead atoms. The lowest BCUT2D eigenvalue weighted by atomic mass is 10.1. The van der Waals surface area contributed by atoms with Gasteiger partial charge < -0.3 is 19.5 Å². The number of hydrazine groups is 1. The lowest BCUT2D eigenvalue weighted by Gasteiger charge is -2.18. The molecule has 0 radical (unpaired) electrons. The molecule has 1 aliphatic heterocycles. The summed E-state index contributed by atoms with van der Waals surface area (Å²) >= 11 is 0. The van der Waals surface area contributed by atoms with Crippen LogP contribution in [0, 0.1) is 5.92 Å². The van der Waals surface area contributed by atoms with Crippen LogP contribution in [0.15, 0.2) is 42.5 Å². The number of hydrogen-bond donors (Lipinski definition) is 2. The van der Waals surface area contributed by atoms with Crippen LogP contribution in [0.2, 0.25) is 0 Å². The van der Waals surface area contributed by atoms with Crippen molar-refractivity contribution >= 4 is 29.4 Å². The zero-order valence-electron chi connectivity index (χ0n) is 19.2. The van der Waals surface area contributed by atoms with Gasteiger partial charge in [0.2, 0.25) is 5.91 Å². The van der Waals surface area contributed by atoms with Crippen molar-refractivity contribution in [2.75, 3.05) is 32.7 Å². The number of methoxy groups -OCH3 is 2. The van der Waals surface area contributed by atoms with Crippen LogP contribution in [-0.4, -0.2) is 56.1 Å². The number of benzene rings is 2. The molecule has 3 rings (SSSR count). The SMILES string of the molecule is COc1cc(OC)cc(C(=O)NN2C[C@@H](C(=O)OCC(=O)Nc3ccccc3C(F)(F)F)CC2=O)c1. The van der Waals surface area contributed by atoms with Crippen molar-refractivity contribution in [2.24, 2.45) is 5.92 Å². The fourth-order valence-electron chi connectivity index (χ4n) is 3.38. The van der Waals surface area contributed by atoms with Gasteiger partial charge >= 0.3 is 12.1 Å². The van der Waals surface area contributed by atoms with Crippen LogP contribution in [0.5, 0.6) is 11.5 Å². The highest BCUT2D eigenvalue weighted by Gasteiger charge is 2.37. The first-order chi connectivity index (χ1) is 17.0. The minimum atomic E-state index is -4.69. The van der Waals surface area contributed by atoms with E-state index in [1.54, 1.807) is 6.07 Å². The van der Waals surface area contributed by atoms with Crippen LogP contribution in [0.25, 0.3) is 0 Å². The summed E-state index contributed by atoms with van der Waals surface area (Å²) in [5.41, 5.74) is 0.999.